The monoisotopic (exact) mass is 395 g/mol. The van der Waals surface area contributed by atoms with Crippen LogP contribution in [0.1, 0.15) is 5.56 Å². The smallest absolute Gasteiger partial charge is 0.282 e. The molecule has 0 spiro atoms. The third-order valence-corrected chi connectivity index (χ3v) is 4.63. The number of rotatable bonds is 5. The lowest BCUT2D eigenvalue weighted by Crippen LogP contribution is -2.56. The standard InChI is InChI=1S/C21H19F2N5O/c1-27-12-16(11-25-27)19-8-9-24-10-15(19)2-7-20(29)26-17-3-5-18(6-4-17)28-13-21(22,23)14-28/h2-12H,13-14H2,1H3,(H,26,29). The topological polar surface area (TPSA) is 63.1 Å². The molecule has 6 nitrogen and oxygen atoms in total. The van der Waals surface area contributed by atoms with Crippen molar-refractivity contribution in [3.63, 3.8) is 0 Å². The number of halogens is 2. The molecule has 1 aliphatic rings. The number of carbonyl (C=O) groups excluding carboxylic acids is 1. The van der Waals surface area contributed by atoms with E-state index in [1.807, 2.05) is 19.3 Å². The summed E-state index contributed by atoms with van der Waals surface area (Å²) >= 11 is 0. The molecule has 1 amide bonds. The van der Waals surface area contributed by atoms with Crippen molar-refractivity contribution in [3.8, 4) is 11.1 Å². The van der Waals surface area contributed by atoms with E-state index in [0.717, 1.165) is 16.7 Å². The highest BCUT2D eigenvalue weighted by atomic mass is 19.3. The molecule has 0 unspecified atom stereocenters. The summed E-state index contributed by atoms with van der Waals surface area (Å²) in [5.74, 6) is -2.91. The molecule has 3 aromatic rings. The van der Waals surface area contributed by atoms with E-state index in [2.05, 4.69) is 15.4 Å². The molecule has 0 bridgehead atoms. The lowest BCUT2D eigenvalue weighted by molar-refractivity contribution is -0.111. The highest BCUT2D eigenvalue weighted by molar-refractivity contribution is 6.02. The first-order valence-electron chi connectivity index (χ1n) is 9.05. The Kier molecular flexibility index (Phi) is 4.84. The lowest BCUT2D eigenvalue weighted by atomic mass is 10.0. The maximum absolute atomic E-state index is 13.0. The van der Waals surface area contributed by atoms with E-state index < -0.39 is 5.92 Å². The summed E-state index contributed by atoms with van der Waals surface area (Å²) in [5.41, 5.74) is 3.95. The largest absolute Gasteiger partial charge is 0.359 e. The summed E-state index contributed by atoms with van der Waals surface area (Å²) in [5, 5.41) is 6.94. The Balaban J connectivity index is 1.41. The number of pyridine rings is 1. The molecule has 8 heteroatoms. The number of hydrogen-bond donors (Lipinski definition) is 1. The minimum absolute atomic E-state index is 0.272. The molecule has 2 aromatic heterocycles. The quantitative estimate of drug-likeness (QED) is 0.671. The first-order chi connectivity index (χ1) is 13.9. The number of hydrogen-bond acceptors (Lipinski definition) is 4. The van der Waals surface area contributed by atoms with Gasteiger partial charge in [0.15, 0.2) is 0 Å². The number of nitrogens with zero attached hydrogens (tertiary/aromatic N) is 4. The van der Waals surface area contributed by atoms with Crippen molar-refractivity contribution in [2.45, 2.75) is 5.92 Å². The van der Waals surface area contributed by atoms with Gasteiger partial charge in [0, 0.05) is 54.2 Å². The average molecular weight is 395 g/mol. The second-order valence-corrected chi connectivity index (χ2v) is 6.95. The Labute approximate surface area is 166 Å². The number of amides is 1. The molecule has 148 valence electrons. The van der Waals surface area contributed by atoms with Crippen molar-refractivity contribution in [1.29, 1.82) is 0 Å². The third kappa shape index (κ3) is 4.31. The summed E-state index contributed by atoms with van der Waals surface area (Å²) in [6.07, 6.45) is 10.1. The molecule has 1 saturated heterocycles. The minimum atomic E-state index is -2.61. The van der Waals surface area contributed by atoms with Gasteiger partial charge in [0.25, 0.3) is 5.92 Å². The Morgan fingerprint density at radius 3 is 2.59 bits per heavy atom. The highest BCUT2D eigenvalue weighted by Crippen LogP contribution is 2.32. The maximum atomic E-state index is 13.0. The van der Waals surface area contributed by atoms with Gasteiger partial charge in [-0.1, -0.05) is 0 Å². The van der Waals surface area contributed by atoms with Gasteiger partial charge in [-0.3, -0.25) is 14.5 Å². The van der Waals surface area contributed by atoms with E-state index in [4.69, 9.17) is 0 Å². The van der Waals surface area contributed by atoms with Crippen LogP contribution in [0, 0.1) is 0 Å². The number of carbonyl (C=O) groups is 1. The molecule has 0 aliphatic carbocycles. The van der Waals surface area contributed by atoms with Crippen LogP contribution in [0.5, 0.6) is 0 Å². The number of aryl methyl sites for hydroxylation is 1. The van der Waals surface area contributed by atoms with E-state index in [-0.39, 0.29) is 19.0 Å². The number of nitrogens with one attached hydrogen (secondary N) is 1. The van der Waals surface area contributed by atoms with Gasteiger partial charge in [0.1, 0.15) is 0 Å². The second kappa shape index (κ2) is 7.46. The van der Waals surface area contributed by atoms with Gasteiger partial charge in [-0.05, 0) is 42.0 Å². The summed E-state index contributed by atoms with van der Waals surface area (Å²) < 4.78 is 27.7. The van der Waals surface area contributed by atoms with Crippen LogP contribution in [0.4, 0.5) is 20.2 Å². The molecule has 0 atom stereocenters. The summed E-state index contributed by atoms with van der Waals surface area (Å²) in [4.78, 5) is 18.0. The molecule has 1 aliphatic heterocycles. The van der Waals surface area contributed by atoms with Crippen molar-refractivity contribution in [2.75, 3.05) is 23.3 Å². The van der Waals surface area contributed by atoms with Crippen LogP contribution in [0.25, 0.3) is 17.2 Å². The van der Waals surface area contributed by atoms with Crippen molar-refractivity contribution < 1.29 is 13.6 Å². The predicted octanol–water partition coefficient (Wildman–Crippen LogP) is 3.59. The van der Waals surface area contributed by atoms with E-state index in [0.29, 0.717) is 11.4 Å². The molecule has 29 heavy (non-hydrogen) atoms. The molecular formula is C21H19F2N5O. The summed E-state index contributed by atoms with van der Waals surface area (Å²) in [7, 11) is 1.84. The number of anilines is 2. The molecule has 1 N–H and O–H groups in total. The molecule has 4 rings (SSSR count). The zero-order valence-electron chi connectivity index (χ0n) is 15.7. The molecule has 1 aromatic carbocycles. The fourth-order valence-electron chi connectivity index (χ4n) is 3.16. The van der Waals surface area contributed by atoms with Crippen molar-refractivity contribution >= 4 is 23.4 Å². The molecule has 1 fully saturated rings. The third-order valence-electron chi connectivity index (χ3n) is 4.63. The Morgan fingerprint density at radius 1 is 1.17 bits per heavy atom. The molecule has 0 saturated carbocycles. The Morgan fingerprint density at radius 2 is 1.93 bits per heavy atom. The van der Waals surface area contributed by atoms with Gasteiger partial charge in [-0.25, -0.2) is 8.78 Å². The normalized spacial score (nSPS) is 15.3. The van der Waals surface area contributed by atoms with Gasteiger partial charge in [0.2, 0.25) is 5.91 Å². The van der Waals surface area contributed by atoms with E-state index >= 15 is 0 Å². The van der Waals surface area contributed by atoms with Crippen molar-refractivity contribution in [3.05, 3.63) is 66.8 Å². The minimum Gasteiger partial charge on any atom is -0.359 e. The fraction of sp³-hybridized carbons (Fsp3) is 0.190. The van der Waals surface area contributed by atoms with Crippen LogP contribution in [0.3, 0.4) is 0 Å². The van der Waals surface area contributed by atoms with Crippen molar-refractivity contribution in [2.24, 2.45) is 7.05 Å². The van der Waals surface area contributed by atoms with Crippen LogP contribution in [-0.4, -0.2) is 39.7 Å². The molecule has 0 radical (unpaired) electrons. The lowest BCUT2D eigenvalue weighted by Gasteiger charge is -2.40. The summed E-state index contributed by atoms with van der Waals surface area (Å²) in [6, 6.07) is 8.70. The SMILES string of the molecule is Cn1cc(-c2ccncc2C=CC(=O)Nc2ccc(N3CC(F)(F)C3)cc2)cn1. The van der Waals surface area contributed by atoms with Crippen LogP contribution in [0.2, 0.25) is 0 Å². The Bertz CT molecular complexity index is 1050. The van der Waals surface area contributed by atoms with Gasteiger partial charge < -0.3 is 10.2 Å². The number of alkyl halides is 2. The van der Waals surface area contributed by atoms with E-state index in [1.165, 1.54) is 6.08 Å². The van der Waals surface area contributed by atoms with Crippen molar-refractivity contribution in [1.82, 2.24) is 14.8 Å². The number of aromatic nitrogens is 3. The molecule has 3 heterocycles. The van der Waals surface area contributed by atoms with Crippen LogP contribution < -0.4 is 10.2 Å². The second-order valence-electron chi connectivity index (χ2n) is 6.95. The van der Waals surface area contributed by atoms with Gasteiger partial charge >= 0.3 is 0 Å². The van der Waals surface area contributed by atoms with E-state index in [1.54, 1.807) is 58.5 Å². The number of benzene rings is 1. The van der Waals surface area contributed by atoms with Gasteiger partial charge in [0.05, 0.1) is 19.3 Å². The molecular weight excluding hydrogens is 376 g/mol. The Hall–Kier alpha value is -3.55. The first kappa shape index (κ1) is 18.8. The zero-order valence-corrected chi connectivity index (χ0v) is 15.7. The van der Waals surface area contributed by atoms with Crippen LogP contribution in [0.15, 0.2) is 61.2 Å². The average Bonchev–Trinajstić information content (AvgIpc) is 3.11. The zero-order chi connectivity index (χ0) is 20.4. The fourth-order valence-corrected chi connectivity index (χ4v) is 3.16. The van der Waals surface area contributed by atoms with E-state index in [9.17, 15) is 13.6 Å². The predicted molar refractivity (Wildman–Crippen MR) is 108 cm³/mol. The van der Waals surface area contributed by atoms with Crippen LogP contribution in [-0.2, 0) is 11.8 Å². The maximum Gasteiger partial charge on any atom is 0.282 e. The van der Waals surface area contributed by atoms with Gasteiger partial charge in [-0.2, -0.15) is 5.10 Å². The van der Waals surface area contributed by atoms with Crippen LogP contribution >= 0.6 is 0 Å². The van der Waals surface area contributed by atoms with Gasteiger partial charge in [-0.15, -0.1) is 0 Å². The first-order valence-corrected chi connectivity index (χ1v) is 9.05. The highest BCUT2D eigenvalue weighted by Gasteiger charge is 2.43. The summed E-state index contributed by atoms with van der Waals surface area (Å²) in [6.45, 7) is -0.544.